The molecule has 0 fully saturated rings. The zero-order chi connectivity index (χ0) is 13.2. The fraction of sp³-hybridized carbons (Fsp3) is 0.222. The van der Waals surface area contributed by atoms with E-state index < -0.39 is 38.8 Å². The van der Waals surface area contributed by atoms with Crippen LogP contribution >= 0.6 is 0 Å². The summed E-state index contributed by atoms with van der Waals surface area (Å²) in [6.45, 7) is 0. The molecule has 1 aromatic carbocycles. The van der Waals surface area contributed by atoms with Crippen LogP contribution in [0.4, 0.5) is 3.89 Å². The van der Waals surface area contributed by atoms with Gasteiger partial charge in [-0.1, -0.05) is 18.2 Å². The van der Waals surface area contributed by atoms with E-state index in [2.05, 4.69) is 0 Å². The third kappa shape index (κ3) is 2.99. The molecule has 0 heterocycles. The molecule has 1 aromatic rings. The zero-order valence-electron chi connectivity index (χ0n) is 8.45. The Kier molecular flexibility index (Phi) is 3.81. The molecule has 0 saturated heterocycles. The van der Waals surface area contributed by atoms with Gasteiger partial charge in [0, 0.05) is 5.56 Å². The van der Waals surface area contributed by atoms with E-state index in [1.165, 1.54) is 12.1 Å². The van der Waals surface area contributed by atoms with Crippen LogP contribution in [-0.4, -0.2) is 30.6 Å². The van der Waals surface area contributed by atoms with Gasteiger partial charge in [-0.2, -0.15) is 8.42 Å². The molecule has 1 rings (SSSR count). The minimum atomic E-state index is -5.06. The number of aliphatic hydroxyl groups excluding tert-OH is 2. The Morgan fingerprint density at radius 3 is 2.29 bits per heavy atom. The Morgan fingerprint density at radius 2 is 1.82 bits per heavy atom. The number of carbonyl (C=O) groups is 1. The summed E-state index contributed by atoms with van der Waals surface area (Å²) >= 11 is 0. The van der Waals surface area contributed by atoms with Gasteiger partial charge in [0.15, 0.2) is 6.10 Å². The van der Waals surface area contributed by atoms with Crippen molar-refractivity contribution in [1.82, 2.24) is 0 Å². The molecule has 2 atom stereocenters. The van der Waals surface area contributed by atoms with Crippen molar-refractivity contribution < 1.29 is 27.3 Å². The lowest BCUT2D eigenvalue weighted by Gasteiger charge is -2.16. The molecule has 0 saturated carbocycles. The first-order valence-electron chi connectivity index (χ1n) is 4.44. The van der Waals surface area contributed by atoms with Crippen molar-refractivity contribution in [2.45, 2.75) is 17.1 Å². The lowest BCUT2D eigenvalue weighted by molar-refractivity contribution is -0.132. The Hall–Kier alpha value is -1.51. The highest BCUT2D eigenvalue weighted by Gasteiger charge is 2.29. The molecule has 17 heavy (non-hydrogen) atoms. The first-order valence-corrected chi connectivity index (χ1v) is 5.82. The number of benzene rings is 1. The van der Waals surface area contributed by atoms with Crippen LogP contribution in [0.25, 0.3) is 0 Å². The molecule has 0 aliphatic rings. The second kappa shape index (κ2) is 4.78. The maximum atomic E-state index is 12.9. The minimum absolute atomic E-state index is 0.429. The van der Waals surface area contributed by atoms with Crippen molar-refractivity contribution in [2.75, 3.05) is 0 Å². The average molecular weight is 263 g/mol. The third-order valence-corrected chi connectivity index (χ3v) is 2.99. The van der Waals surface area contributed by atoms with Gasteiger partial charge in [-0.3, -0.25) is 4.79 Å². The number of hydrogen-bond donors (Lipinski definition) is 3. The largest absolute Gasteiger partial charge is 0.385 e. The molecule has 4 N–H and O–H groups in total. The number of aliphatic hydroxyl groups is 2. The smallest absolute Gasteiger partial charge is 0.332 e. The molecule has 0 bridgehead atoms. The molecular formula is C9H10FNO5S. The number of amides is 1. The third-order valence-electron chi connectivity index (χ3n) is 2.09. The predicted octanol–water partition coefficient (Wildman–Crippen LogP) is -0.776. The molecule has 0 spiro atoms. The van der Waals surface area contributed by atoms with Crippen molar-refractivity contribution in [3.63, 3.8) is 0 Å². The number of halogens is 1. The standard InChI is InChI=1S/C9H10FNO5S/c10-17(15,16)6-4-2-1-3-5(6)7(12)8(13)9(11)14/h1-4,7-8,12-13H,(H2,11,14). The van der Waals surface area contributed by atoms with Gasteiger partial charge in [0.1, 0.15) is 11.0 Å². The van der Waals surface area contributed by atoms with Crippen LogP contribution < -0.4 is 5.73 Å². The van der Waals surface area contributed by atoms with E-state index in [1.807, 2.05) is 0 Å². The van der Waals surface area contributed by atoms with E-state index in [1.54, 1.807) is 0 Å². The Balaban J connectivity index is 3.28. The van der Waals surface area contributed by atoms with Gasteiger partial charge >= 0.3 is 10.2 Å². The van der Waals surface area contributed by atoms with E-state index in [0.717, 1.165) is 12.1 Å². The van der Waals surface area contributed by atoms with Crippen LogP contribution in [0.1, 0.15) is 11.7 Å². The monoisotopic (exact) mass is 263 g/mol. The first-order chi connectivity index (χ1) is 7.75. The van der Waals surface area contributed by atoms with Gasteiger partial charge in [0.25, 0.3) is 0 Å². The topological polar surface area (TPSA) is 118 Å². The highest BCUT2D eigenvalue weighted by molar-refractivity contribution is 7.86. The molecule has 0 aliphatic heterocycles. The summed E-state index contributed by atoms with van der Waals surface area (Å²) in [5.41, 5.74) is 4.31. The molecular weight excluding hydrogens is 253 g/mol. The number of hydrogen-bond acceptors (Lipinski definition) is 5. The van der Waals surface area contributed by atoms with Crippen molar-refractivity contribution in [3.05, 3.63) is 29.8 Å². The zero-order valence-corrected chi connectivity index (χ0v) is 9.26. The van der Waals surface area contributed by atoms with E-state index in [0.29, 0.717) is 0 Å². The number of carbonyl (C=O) groups excluding carboxylic acids is 1. The average Bonchev–Trinajstić information content (AvgIpc) is 2.25. The lowest BCUT2D eigenvalue weighted by Crippen LogP contribution is -2.34. The first kappa shape index (κ1) is 13.6. The number of primary amides is 1. The summed E-state index contributed by atoms with van der Waals surface area (Å²) in [6, 6.07) is 4.53. The molecule has 8 heteroatoms. The van der Waals surface area contributed by atoms with Crippen molar-refractivity contribution in [1.29, 1.82) is 0 Å². The van der Waals surface area contributed by atoms with Gasteiger partial charge in [-0.15, -0.1) is 3.89 Å². The Labute approximate surface area is 96.7 Å². The fourth-order valence-corrected chi connectivity index (χ4v) is 1.98. The van der Waals surface area contributed by atoms with Gasteiger partial charge in [0.05, 0.1) is 0 Å². The number of rotatable bonds is 4. The summed E-state index contributed by atoms with van der Waals surface area (Å²) in [5.74, 6) is -1.25. The highest BCUT2D eigenvalue weighted by Crippen LogP contribution is 2.25. The maximum absolute atomic E-state index is 12.9. The summed E-state index contributed by atoms with van der Waals surface area (Å²) < 4.78 is 34.4. The van der Waals surface area contributed by atoms with Crippen LogP contribution in [0.15, 0.2) is 29.2 Å². The van der Waals surface area contributed by atoms with Crippen LogP contribution in [0.3, 0.4) is 0 Å². The minimum Gasteiger partial charge on any atom is -0.385 e. The Morgan fingerprint density at radius 1 is 1.29 bits per heavy atom. The summed E-state index contributed by atoms with van der Waals surface area (Å²) in [5, 5.41) is 18.7. The van der Waals surface area contributed by atoms with Crippen molar-refractivity contribution in [2.24, 2.45) is 5.73 Å². The van der Waals surface area contributed by atoms with Crippen LogP contribution in [0, 0.1) is 0 Å². The van der Waals surface area contributed by atoms with E-state index >= 15 is 0 Å². The predicted molar refractivity (Wildman–Crippen MR) is 54.9 cm³/mol. The summed E-state index contributed by atoms with van der Waals surface area (Å²) in [7, 11) is -5.06. The Bertz CT molecular complexity index is 530. The SMILES string of the molecule is NC(=O)C(O)C(O)c1ccccc1S(=O)(=O)F. The van der Waals surface area contributed by atoms with E-state index in [9.17, 15) is 27.3 Å². The van der Waals surface area contributed by atoms with Gasteiger partial charge in [0.2, 0.25) is 5.91 Å². The second-order valence-corrected chi connectivity index (χ2v) is 4.58. The molecule has 2 unspecified atom stereocenters. The summed E-state index contributed by atoms with van der Waals surface area (Å²) in [4.78, 5) is 9.83. The lowest BCUT2D eigenvalue weighted by atomic mass is 10.0. The summed E-state index contributed by atoms with van der Waals surface area (Å²) in [6.07, 6.45) is -3.92. The van der Waals surface area contributed by atoms with Gasteiger partial charge in [-0.05, 0) is 6.07 Å². The molecule has 1 amide bonds. The number of nitrogens with two attached hydrogens (primary N) is 1. The fourth-order valence-electron chi connectivity index (χ4n) is 1.27. The van der Waals surface area contributed by atoms with Crippen molar-refractivity contribution >= 4 is 16.1 Å². The molecule has 0 aliphatic carbocycles. The molecule has 0 aromatic heterocycles. The van der Waals surface area contributed by atoms with Gasteiger partial charge in [-0.25, -0.2) is 0 Å². The molecule has 0 radical (unpaired) electrons. The van der Waals surface area contributed by atoms with E-state index in [4.69, 9.17) is 5.73 Å². The van der Waals surface area contributed by atoms with Gasteiger partial charge < -0.3 is 15.9 Å². The second-order valence-electron chi connectivity index (χ2n) is 3.27. The van der Waals surface area contributed by atoms with Crippen LogP contribution in [-0.2, 0) is 15.0 Å². The van der Waals surface area contributed by atoms with E-state index in [-0.39, 0.29) is 0 Å². The highest BCUT2D eigenvalue weighted by atomic mass is 32.3. The normalized spacial score (nSPS) is 15.2. The van der Waals surface area contributed by atoms with Crippen LogP contribution in [0.5, 0.6) is 0 Å². The molecule has 6 nitrogen and oxygen atoms in total. The van der Waals surface area contributed by atoms with Crippen LogP contribution in [0.2, 0.25) is 0 Å². The molecule has 94 valence electrons. The maximum Gasteiger partial charge on any atom is 0.332 e. The quantitative estimate of drug-likeness (QED) is 0.616. The van der Waals surface area contributed by atoms with Crippen molar-refractivity contribution in [3.8, 4) is 0 Å².